The summed E-state index contributed by atoms with van der Waals surface area (Å²) < 4.78 is 0. The van der Waals surface area contributed by atoms with Crippen LogP contribution in [-0.4, -0.2) is 38.0 Å². The first-order valence-corrected chi connectivity index (χ1v) is 13.7. The smallest absolute Gasteiger partial charge is 0.225 e. The molecule has 198 valence electrons. The minimum absolute atomic E-state index is 0.0578. The van der Waals surface area contributed by atoms with Crippen molar-refractivity contribution in [3.8, 4) is 22.3 Å². The van der Waals surface area contributed by atoms with Gasteiger partial charge in [-0.25, -0.2) is 0 Å². The highest BCUT2D eigenvalue weighted by atomic mass is 16.2. The van der Waals surface area contributed by atoms with Crippen molar-refractivity contribution in [3.63, 3.8) is 0 Å². The Bertz CT molecular complexity index is 1250. The van der Waals surface area contributed by atoms with Crippen LogP contribution in [0.5, 0.6) is 0 Å². The number of hydrogen-bond acceptors (Lipinski definition) is 3. The lowest BCUT2D eigenvalue weighted by molar-refractivity contribution is -0.132. The molecule has 0 aromatic heterocycles. The number of rotatable bonds is 10. The lowest BCUT2D eigenvalue weighted by atomic mass is 9.94. The standard InChI is InChI=1S/C34H35N3O2/c38-33(36-21-19-25-11-15-29(16-12-25)27-7-3-1-4-8-27)31-23-35-24-32(31)34(39)37-22-20-26-13-17-30(18-14-26)28-9-5-2-6-10-28/h1-18,31-32,35H,19-24H2,(H,36,38)(H,37,39)/t31-,32?/m1/s1. The van der Waals surface area contributed by atoms with Gasteiger partial charge in [-0.3, -0.25) is 9.59 Å². The molecule has 2 amide bonds. The lowest BCUT2D eigenvalue weighted by Crippen LogP contribution is -2.42. The molecule has 0 saturated carbocycles. The lowest BCUT2D eigenvalue weighted by Gasteiger charge is -2.18. The molecule has 1 aliphatic rings. The first-order valence-electron chi connectivity index (χ1n) is 13.7. The fourth-order valence-electron chi connectivity index (χ4n) is 5.14. The number of carbonyl (C=O) groups is 2. The van der Waals surface area contributed by atoms with Crippen LogP contribution in [-0.2, 0) is 22.4 Å². The van der Waals surface area contributed by atoms with Crippen molar-refractivity contribution in [2.45, 2.75) is 12.8 Å². The largest absolute Gasteiger partial charge is 0.355 e. The summed E-state index contributed by atoms with van der Waals surface area (Å²) >= 11 is 0. The zero-order chi connectivity index (χ0) is 26.9. The maximum Gasteiger partial charge on any atom is 0.225 e. The van der Waals surface area contributed by atoms with Crippen molar-refractivity contribution in [2.24, 2.45) is 11.8 Å². The number of amides is 2. The Kier molecular flexibility index (Phi) is 8.82. The quantitative estimate of drug-likeness (QED) is 0.281. The molecule has 0 spiro atoms. The van der Waals surface area contributed by atoms with Crippen molar-refractivity contribution in [1.82, 2.24) is 16.0 Å². The van der Waals surface area contributed by atoms with Gasteiger partial charge in [-0.1, -0.05) is 109 Å². The minimum atomic E-state index is -0.351. The van der Waals surface area contributed by atoms with Crippen LogP contribution >= 0.6 is 0 Å². The molecule has 39 heavy (non-hydrogen) atoms. The van der Waals surface area contributed by atoms with Crippen LogP contribution in [0.4, 0.5) is 0 Å². The first-order chi connectivity index (χ1) is 19.2. The van der Waals surface area contributed by atoms with E-state index in [1.807, 2.05) is 36.4 Å². The molecule has 2 atom stereocenters. The highest BCUT2D eigenvalue weighted by molar-refractivity contribution is 5.88. The second-order valence-corrected chi connectivity index (χ2v) is 10.1. The van der Waals surface area contributed by atoms with Gasteiger partial charge in [-0.2, -0.15) is 0 Å². The molecule has 1 fully saturated rings. The van der Waals surface area contributed by atoms with Gasteiger partial charge in [0.2, 0.25) is 11.8 Å². The summed E-state index contributed by atoms with van der Waals surface area (Å²) in [5, 5.41) is 9.31. The van der Waals surface area contributed by atoms with Gasteiger partial charge < -0.3 is 16.0 Å². The van der Waals surface area contributed by atoms with E-state index in [1.54, 1.807) is 0 Å². The molecule has 5 heteroatoms. The second-order valence-electron chi connectivity index (χ2n) is 10.1. The van der Waals surface area contributed by atoms with Gasteiger partial charge in [0.1, 0.15) is 0 Å². The molecule has 1 unspecified atom stereocenters. The third-order valence-corrected chi connectivity index (χ3v) is 7.44. The Morgan fingerprint density at radius 2 is 0.897 bits per heavy atom. The molecule has 4 aromatic carbocycles. The Morgan fingerprint density at radius 1 is 0.538 bits per heavy atom. The van der Waals surface area contributed by atoms with E-state index in [1.165, 1.54) is 33.4 Å². The Labute approximate surface area is 230 Å². The van der Waals surface area contributed by atoms with E-state index in [9.17, 15) is 9.59 Å². The monoisotopic (exact) mass is 517 g/mol. The molecule has 4 aromatic rings. The highest BCUT2D eigenvalue weighted by Gasteiger charge is 2.37. The number of carbonyl (C=O) groups excluding carboxylic acids is 2. The molecule has 0 bridgehead atoms. The number of nitrogens with one attached hydrogen (secondary N) is 3. The molecule has 1 heterocycles. The van der Waals surface area contributed by atoms with Crippen LogP contribution in [0.3, 0.4) is 0 Å². The second kappa shape index (κ2) is 13.0. The molecular weight excluding hydrogens is 482 g/mol. The minimum Gasteiger partial charge on any atom is -0.355 e. The summed E-state index contributed by atoms with van der Waals surface area (Å²) in [4.78, 5) is 25.8. The van der Waals surface area contributed by atoms with Crippen molar-refractivity contribution in [2.75, 3.05) is 26.2 Å². The van der Waals surface area contributed by atoms with Crippen molar-refractivity contribution >= 4 is 11.8 Å². The van der Waals surface area contributed by atoms with Gasteiger partial charge in [0.05, 0.1) is 11.8 Å². The van der Waals surface area contributed by atoms with Gasteiger partial charge >= 0.3 is 0 Å². The summed E-state index contributed by atoms with van der Waals surface area (Å²) in [5.74, 6) is -0.818. The van der Waals surface area contributed by atoms with Crippen LogP contribution in [0.1, 0.15) is 11.1 Å². The third-order valence-electron chi connectivity index (χ3n) is 7.44. The Hall–Kier alpha value is -4.22. The fraction of sp³-hybridized carbons (Fsp3) is 0.235. The summed E-state index contributed by atoms with van der Waals surface area (Å²) in [6.45, 7) is 2.15. The highest BCUT2D eigenvalue weighted by Crippen LogP contribution is 2.21. The van der Waals surface area contributed by atoms with E-state index in [2.05, 4.69) is 88.7 Å². The van der Waals surface area contributed by atoms with Crippen LogP contribution < -0.4 is 16.0 Å². The van der Waals surface area contributed by atoms with Crippen LogP contribution in [0, 0.1) is 11.8 Å². The van der Waals surface area contributed by atoms with Gasteiger partial charge in [0, 0.05) is 26.2 Å². The van der Waals surface area contributed by atoms with Crippen LogP contribution in [0.2, 0.25) is 0 Å². The normalized spacial score (nSPS) is 16.5. The SMILES string of the molecule is O=C(NCCc1ccc(-c2ccccc2)cc1)C1CNC[C@H]1C(=O)NCCc1ccc(-c2ccccc2)cc1. The predicted octanol–water partition coefficient (Wildman–Crippen LogP) is 4.87. The van der Waals surface area contributed by atoms with Crippen LogP contribution in [0.25, 0.3) is 22.3 Å². The average molecular weight is 518 g/mol. The molecule has 5 rings (SSSR count). The topological polar surface area (TPSA) is 70.2 Å². The maximum atomic E-state index is 12.9. The zero-order valence-electron chi connectivity index (χ0n) is 22.1. The summed E-state index contributed by atoms with van der Waals surface area (Å²) in [7, 11) is 0. The predicted molar refractivity (Wildman–Crippen MR) is 157 cm³/mol. The molecule has 0 aliphatic carbocycles. The van der Waals surface area contributed by atoms with Gasteiger partial charge in [-0.05, 0) is 46.2 Å². The van der Waals surface area contributed by atoms with E-state index < -0.39 is 0 Å². The zero-order valence-corrected chi connectivity index (χ0v) is 22.1. The Balaban J connectivity index is 1.05. The maximum absolute atomic E-state index is 12.9. The summed E-state index contributed by atoms with van der Waals surface area (Å²) in [5.41, 5.74) is 7.08. The number of benzene rings is 4. The molecule has 3 N–H and O–H groups in total. The van der Waals surface area contributed by atoms with E-state index >= 15 is 0 Å². The molecule has 1 aliphatic heterocycles. The summed E-state index contributed by atoms with van der Waals surface area (Å²) in [6, 6.07) is 37.5. The Morgan fingerprint density at radius 3 is 1.28 bits per heavy atom. The van der Waals surface area contributed by atoms with E-state index in [-0.39, 0.29) is 23.7 Å². The summed E-state index contributed by atoms with van der Waals surface area (Å²) in [6.07, 6.45) is 1.50. The van der Waals surface area contributed by atoms with Crippen molar-refractivity contribution < 1.29 is 9.59 Å². The fourth-order valence-corrected chi connectivity index (χ4v) is 5.14. The van der Waals surface area contributed by atoms with Gasteiger partial charge in [0.15, 0.2) is 0 Å². The molecular formula is C34H35N3O2. The molecule has 0 radical (unpaired) electrons. The van der Waals surface area contributed by atoms with Crippen LogP contribution in [0.15, 0.2) is 109 Å². The molecule has 5 nitrogen and oxygen atoms in total. The third kappa shape index (κ3) is 7.01. The van der Waals surface area contributed by atoms with E-state index in [0.717, 1.165) is 12.8 Å². The van der Waals surface area contributed by atoms with Crippen molar-refractivity contribution in [3.05, 3.63) is 120 Å². The van der Waals surface area contributed by atoms with E-state index in [0.29, 0.717) is 26.2 Å². The average Bonchev–Trinajstić information content (AvgIpc) is 3.49. The van der Waals surface area contributed by atoms with Gasteiger partial charge in [-0.15, -0.1) is 0 Å². The number of hydrogen-bond donors (Lipinski definition) is 3. The first kappa shape index (κ1) is 26.4. The molecule has 1 saturated heterocycles. The van der Waals surface area contributed by atoms with Crippen molar-refractivity contribution in [1.29, 1.82) is 0 Å². The van der Waals surface area contributed by atoms with Gasteiger partial charge in [0.25, 0.3) is 0 Å². The van der Waals surface area contributed by atoms with E-state index in [4.69, 9.17) is 0 Å².